The summed E-state index contributed by atoms with van der Waals surface area (Å²) in [5.74, 6) is 0. The normalized spacial score (nSPS) is 15.1. The first-order valence-electron chi connectivity index (χ1n) is 7.71. The number of hydrogen-bond donors (Lipinski definition) is 0. The number of carbonyl (C=O) groups is 1. The van der Waals surface area contributed by atoms with E-state index in [9.17, 15) is 4.79 Å². The summed E-state index contributed by atoms with van der Waals surface area (Å²) in [6.45, 7) is 2.05. The molecule has 3 heteroatoms. The van der Waals surface area contributed by atoms with Gasteiger partial charge < -0.3 is 0 Å². The van der Waals surface area contributed by atoms with Crippen LogP contribution >= 0.6 is 8.58 Å². The molecule has 0 aromatic heterocycles. The van der Waals surface area contributed by atoms with Crippen LogP contribution in [0.3, 0.4) is 0 Å². The fraction of sp³-hybridized carbons (Fsp3) is 0.316. The molecule has 1 saturated carbocycles. The molecule has 0 aliphatic heterocycles. The van der Waals surface area contributed by atoms with Crippen LogP contribution in [-0.4, -0.2) is 30.0 Å². The van der Waals surface area contributed by atoms with E-state index in [0.29, 0.717) is 19.8 Å². The van der Waals surface area contributed by atoms with Gasteiger partial charge in [-0.3, -0.25) is 4.79 Å². The van der Waals surface area contributed by atoms with Crippen LogP contribution in [0, 0.1) is 6.92 Å². The van der Waals surface area contributed by atoms with Gasteiger partial charge in [-0.25, -0.2) is 0 Å². The summed E-state index contributed by atoms with van der Waals surface area (Å²) in [6, 6.07) is 16.4. The quantitative estimate of drug-likeness (QED) is 0.587. The zero-order valence-corrected chi connectivity index (χ0v) is 13.4. The van der Waals surface area contributed by atoms with E-state index in [-0.39, 0.29) is 18.9 Å². The SMILES string of the molecule is Cc1cccc(-c2ccccc2)c1C(=O)PC1CCCC1.[LiH]. The topological polar surface area (TPSA) is 17.1 Å². The maximum atomic E-state index is 12.8. The molecule has 1 atom stereocenters. The van der Waals surface area contributed by atoms with Crippen LogP contribution in [0.4, 0.5) is 0 Å². The molecule has 2 aromatic rings. The van der Waals surface area contributed by atoms with Gasteiger partial charge in [0.05, 0.1) is 0 Å². The van der Waals surface area contributed by atoms with Crippen molar-refractivity contribution in [2.24, 2.45) is 0 Å². The molecule has 1 nitrogen and oxygen atoms in total. The van der Waals surface area contributed by atoms with Gasteiger partial charge in [-0.05, 0) is 50.7 Å². The monoisotopic (exact) mass is 304 g/mol. The molecule has 1 unspecified atom stereocenters. The van der Waals surface area contributed by atoms with Crippen molar-refractivity contribution >= 4 is 33.0 Å². The van der Waals surface area contributed by atoms with Crippen molar-refractivity contribution in [3.63, 3.8) is 0 Å². The van der Waals surface area contributed by atoms with E-state index >= 15 is 0 Å². The Hall–Kier alpha value is -0.863. The van der Waals surface area contributed by atoms with Crippen molar-refractivity contribution in [1.29, 1.82) is 0 Å². The molecule has 1 aliphatic carbocycles. The van der Waals surface area contributed by atoms with Gasteiger partial charge in [0, 0.05) is 5.56 Å². The molecule has 0 spiro atoms. The molecule has 1 aliphatic rings. The summed E-state index contributed by atoms with van der Waals surface area (Å²) in [5, 5.41) is 0. The number of aryl methyl sites for hydroxylation is 1. The van der Waals surface area contributed by atoms with Gasteiger partial charge in [0.2, 0.25) is 0 Å². The molecule has 3 rings (SSSR count). The van der Waals surface area contributed by atoms with Gasteiger partial charge in [-0.2, -0.15) is 0 Å². The van der Waals surface area contributed by atoms with E-state index in [2.05, 4.69) is 31.2 Å². The van der Waals surface area contributed by atoms with Gasteiger partial charge in [0.25, 0.3) is 0 Å². The second kappa shape index (κ2) is 8.12. The average molecular weight is 304 g/mol. The number of carbonyl (C=O) groups excluding carboxylic acids is 1. The molecule has 0 radical (unpaired) electrons. The standard InChI is InChI=1S/C19H21OP.Li.H/c1-14-8-7-13-17(15-9-3-2-4-10-15)18(14)19(20)21-16-11-5-6-12-16;;/h2-4,7-10,13,16,21H,5-6,11-12H2,1H3;;. The fourth-order valence-corrected chi connectivity index (χ4v) is 4.70. The molecule has 0 heterocycles. The molecule has 0 amide bonds. The summed E-state index contributed by atoms with van der Waals surface area (Å²) in [5.41, 5.74) is 5.24. The minimum atomic E-state index is 0. The van der Waals surface area contributed by atoms with E-state index < -0.39 is 0 Å². The van der Waals surface area contributed by atoms with E-state index in [0.717, 1.165) is 22.3 Å². The molecule has 0 N–H and O–H groups in total. The molecule has 0 saturated heterocycles. The summed E-state index contributed by atoms with van der Waals surface area (Å²) >= 11 is 0. The van der Waals surface area contributed by atoms with Gasteiger partial charge in [0.1, 0.15) is 0 Å². The Bertz CT molecular complexity index is 633. The Morgan fingerprint density at radius 2 is 1.68 bits per heavy atom. The second-order valence-electron chi connectivity index (χ2n) is 5.82. The Balaban J connectivity index is 0.00000176. The summed E-state index contributed by atoms with van der Waals surface area (Å²) in [6.07, 6.45) is 5.06. The first-order chi connectivity index (χ1) is 10.3. The Morgan fingerprint density at radius 1 is 1.00 bits per heavy atom. The minimum absolute atomic E-state index is 0. The molecule has 2 aromatic carbocycles. The molecule has 0 bridgehead atoms. The van der Waals surface area contributed by atoms with Crippen molar-refractivity contribution in [3.8, 4) is 11.1 Å². The van der Waals surface area contributed by atoms with Gasteiger partial charge >= 0.3 is 18.9 Å². The number of hydrogen-bond acceptors (Lipinski definition) is 1. The van der Waals surface area contributed by atoms with E-state index in [1.54, 1.807) is 0 Å². The molecule has 110 valence electrons. The number of rotatable bonds is 4. The third-order valence-electron chi connectivity index (χ3n) is 4.28. The second-order valence-corrected chi connectivity index (χ2v) is 7.38. The Labute approximate surface area is 146 Å². The van der Waals surface area contributed by atoms with Crippen molar-refractivity contribution in [1.82, 2.24) is 0 Å². The Morgan fingerprint density at radius 3 is 2.36 bits per heavy atom. The van der Waals surface area contributed by atoms with Crippen LogP contribution in [0.15, 0.2) is 48.5 Å². The first-order valence-corrected chi connectivity index (χ1v) is 8.79. The van der Waals surface area contributed by atoms with Crippen molar-refractivity contribution in [2.75, 3.05) is 0 Å². The summed E-state index contributed by atoms with van der Waals surface area (Å²) in [4.78, 5) is 12.8. The van der Waals surface area contributed by atoms with E-state index in [1.807, 2.05) is 24.3 Å². The zero-order chi connectivity index (χ0) is 14.7. The Kier molecular flexibility index (Phi) is 6.46. The average Bonchev–Trinajstić information content (AvgIpc) is 3.00. The van der Waals surface area contributed by atoms with Gasteiger partial charge in [-0.15, -0.1) is 0 Å². The van der Waals surface area contributed by atoms with Crippen LogP contribution in [0.5, 0.6) is 0 Å². The fourth-order valence-electron chi connectivity index (χ4n) is 3.16. The third kappa shape index (κ3) is 3.91. The van der Waals surface area contributed by atoms with Crippen LogP contribution in [0.1, 0.15) is 41.6 Å². The van der Waals surface area contributed by atoms with E-state index in [1.165, 1.54) is 25.7 Å². The predicted molar refractivity (Wildman–Crippen MR) is 98.7 cm³/mol. The van der Waals surface area contributed by atoms with Crippen LogP contribution < -0.4 is 0 Å². The van der Waals surface area contributed by atoms with Gasteiger partial charge in [0.15, 0.2) is 5.52 Å². The van der Waals surface area contributed by atoms with Crippen molar-refractivity contribution in [3.05, 3.63) is 59.7 Å². The predicted octanol–water partition coefficient (Wildman–Crippen LogP) is 4.77. The van der Waals surface area contributed by atoms with Crippen LogP contribution in [0.25, 0.3) is 11.1 Å². The third-order valence-corrected chi connectivity index (χ3v) is 5.77. The molecular formula is C19H22LiOP. The molecular weight excluding hydrogens is 282 g/mol. The summed E-state index contributed by atoms with van der Waals surface area (Å²) < 4.78 is 0. The van der Waals surface area contributed by atoms with E-state index in [4.69, 9.17) is 0 Å². The van der Waals surface area contributed by atoms with Crippen molar-refractivity contribution in [2.45, 2.75) is 38.3 Å². The summed E-state index contributed by atoms with van der Waals surface area (Å²) in [7, 11) is 0.436. The van der Waals surface area contributed by atoms with Crippen LogP contribution in [-0.2, 0) is 0 Å². The zero-order valence-electron chi connectivity index (χ0n) is 12.4. The maximum absolute atomic E-state index is 12.8. The number of benzene rings is 2. The molecule has 1 fully saturated rings. The molecule has 22 heavy (non-hydrogen) atoms. The van der Waals surface area contributed by atoms with Crippen LogP contribution in [0.2, 0.25) is 0 Å². The first kappa shape index (κ1) is 17.5. The van der Waals surface area contributed by atoms with Crippen molar-refractivity contribution < 1.29 is 4.79 Å². The van der Waals surface area contributed by atoms with Gasteiger partial charge in [-0.1, -0.05) is 61.4 Å².